The number of hydrogen-bond donors (Lipinski definition) is 1. The molecule has 1 heterocycles. The fourth-order valence-corrected chi connectivity index (χ4v) is 3.17. The molecular formula is C17H20F3N5O. The molecule has 6 nitrogen and oxygen atoms in total. The zero-order chi connectivity index (χ0) is 18.7. The van der Waals surface area contributed by atoms with E-state index in [9.17, 15) is 18.0 Å². The first-order valence-electron chi connectivity index (χ1n) is 8.58. The highest BCUT2D eigenvalue weighted by molar-refractivity contribution is 5.75. The average Bonchev–Trinajstić information content (AvgIpc) is 3.05. The van der Waals surface area contributed by atoms with Crippen molar-refractivity contribution in [3.05, 3.63) is 29.8 Å². The fourth-order valence-electron chi connectivity index (χ4n) is 3.17. The third-order valence-corrected chi connectivity index (χ3v) is 4.64. The number of rotatable bonds is 4. The highest BCUT2D eigenvalue weighted by Gasteiger charge is 2.30. The van der Waals surface area contributed by atoms with Crippen molar-refractivity contribution < 1.29 is 18.0 Å². The van der Waals surface area contributed by atoms with Crippen molar-refractivity contribution in [2.75, 3.05) is 0 Å². The van der Waals surface area contributed by atoms with Gasteiger partial charge in [0.1, 0.15) is 6.54 Å². The summed E-state index contributed by atoms with van der Waals surface area (Å²) in [5.74, 6) is 0.253. The molecule has 1 N–H and O–H groups in total. The summed E-state index contributed by atoms with van der Waals surface area (Å²) in [6, 6.07) is 4.84. The molecular weight excluding hydrogens is 347 g/mol. The van der Waals surface area contributed by atoms with Crippen molar-refractivity contribution in [1.29, 1.82) is 0 Å². The van der Waals surface area contributed by atoms with Gasteiger partial charge in [-0.2, -0.15) is 18.0 Å². The van der Waals surface area contributed by atoms with E-state index in [-0.39, 0.29) is 29.9 Å². The first-order valence-corrected chi connectivity index (χ1v) is 8.58. The Labute approximate surface area is 148 Å². The number of aromatic nitrogens is 4. The first kappa shape index (κ1) is 18.3. The van der Waals surface area contributed by atoms with E-state index < -0.39 is 11.7 Å². The van der Waals surface area contributed by atoms with Crippen molar-refractivity contribution in [1.82, 2.24) is 25.5 Å². The molecule has 0 radical (unpaired) electrons. The number of halogens is 3. The van der Waals surface area contributed by atoms with Crippen LogP contribution < -0.4 is 5.32 Å². The Morgan fingerprint density at radius 1 is 1.31 bits per heavy atom. The molecule has 1 aliphatic rings. The predicted molar refractivity (Wildman–Crippen MR) is 87.8 cm³/mol. The van der Waals surface area contributed by atoms with Crippen LogP contribution in [-0.4, -0.2) is 32.2 Å². The van der Waals surface area contributed by atoms with Crippen molar-refractivity contribution in [2.45, 2.75) is 51.4 Å². The number of carbonyl (C=O) groups excluding carboxylic acids is 1. The van der Waals surface area contributed by atoms with Gasteiger partial charge in [-0.25, -0.2) is 0 Å². The van der Waals surface area contributed by atoms with Crippen LogP contribution in [0.25, 0.3) is 11.4 Å². The second kappa shape index (κ2) is 7.43. The number of tetrazole rings is 1. The molecule has 2 aromatic rings. The standard InChI is InChI=1S/C17H20F3N5O/c1-11-5-2-3-8-14(11)21-15(26)10-25-23-16(22-24-25)12-6-4-7-13(9-12)17(18,19)20/h4,6-7,9,11,14H,2-3,5,8,10H2,1H3,(H,21,26). The smallest absolute Gasteiger partial charge is 0.351 e. The Bertz CT molecular complexity index is 774. The summed E-state index contributed by atoms with van der Waals surface area (Å²) >= 11 is 0. The third kappa shape index (κ3) is 4.39. The number of amides is 1. The molecule has 140 valence electrons. The number of carbonyl (C=O) groups is 1. The summed E-state index contributed by atoms with van der Waals surface area (Å²) in [6.45, 7) is 2.00. The zero-order valence-corrected chi connectivity index (χ0v) is 14.3. The second-order valence-corrected chi connectivity index (χ2v) is 6.66. The maximum absolute atomic E-state index is 12.8. The maximum Gasteiger partial charge on any atom is 0.416 e. The molecule has 0 saturated heterocycles. The molecule has 1 aromatic carbocycles. The zero-order valence-electron chi connectivity index (χ0n) is 14.3. The molecule has 3 rings (SSSR count). The normalized spacial score (nSPS) is 20.8. The molecule has 2 unspecified atom stereocenters. The number of alkyl halides is 3. The van der Waals surface area contributed by atoms with Crippen LogP contribution in [0, 0.1) is 5.92 Å². The number of benzene rings is 1. The van der Waals surface area contributed by atoms with Crippen LogP contribution in [-0.2, 0) is 17.5 Å². The van der Waals surface area contributed by atoms with Gasteiger partial charge in [0, 0.05) is 11.6 Å². The summed E-state index contributed by atoms with van der Waals surface area (Å²) in [6.07, 6.45) is -0.128. The van der Waals surface area contributed by atoms with E-state index in [4.69, 9.17) is 0 Å². The minimum absolute atomic E-state index is 0.0509. The van der Waals surface area contributed by atoms with E-state index in [0.717, 1.165) is 36.2 Å². The summed E-state index contributed by atoms with van der Waals surface area (Å²) in [4.78, 5) is 13.3. The van der Waals surface area contributed by atoms with Crippen LogP contribution in [0.1, 0.15) is 38.2 Å². The monoisotopic (exact) mass is 367 g/mol. The molecule has 2 atom stereocenters. The van der Waals surface area contributed by atoms with Crippen LogP contribution in [0.4, 0.5) is 13.2 Å². The SMILES string of the molecule is CC1CCCCC1NC(=O)Cn1nnc(-c2cccc(C(F)(F)F)c2)n1. The second-order valence-electron chi connectivity index (χ2n) is 6.66. The maximum atomic E-state index is 12.8. The minimum atomic E-state index is -4.44. The Kier molecular flexibility index (Phi) is 5.24. The van der Waals surface area contributed by atoms with E-state index in [1.807, 2.05) is 0 Å². The van der Waals surface area contributed by atoms with E-state index in [1.54, 1.807) is 0 Å². The first-order chi connectivity index (χ1) is 12.3. The van der Waals surface area contributed by atoms with E-state index >= 15 is 0 Å². The van der Waals surface area contributed by atoms with Gasteiger partial charge in [0.15, 0.2) is 0 Å². The topological polar surface area (TPSA) is 72.7 Å². The van der Waals surface area contributed by atoms with Crippen LogP contribution in [0.2, 0.25) is 0 Å². The van der Waals surface area contributed by atoms with Crippen molar-refractivity contribution in [2.24, 2.45) is 5.92 Å². The lowest BCUT2D eigenvalue weighted by Gasteiger charge is -2.29. The quantitative estimate of drug-likeness (QED) is 0.902. The lowest BCUT2D eigenvalue weighted by Crippen LogP contribution is -2.42. The predicted octanol–water partition coefficient (Wildman–Crippen LogP) is 3.05. The molecule has 1 amide bonds. The van der Waals surface area contributed by atoms with Gasteiger partial charge in [-0.3, -0.25) is 4.79 Å². The summed E-state index contributed by atoms with van der Waals surface area (Å²) in [7, 11) is 0. The molecule has 1 aliphatic carbocycles. The van der Waals surface area contributed by atoms with Gasteiger partial charge in [-0.1, -0.05) is 31.9 Å². The summed E-state index contributed by atoms with van der Waals surface area (Å²) in [5, 5.41) is 14.5. The van der Waals surface area contributed by atoms with E-state index in [0.29, 0.717) is 5.92 Å². The number of nitrogens with one attached hydrogen (secondary N) is 1. The minimum Gasteiger partial charge on any atom is -0.351 e. The Balaban J connectivity index is 1.65. The average molecular weight is 367 g/mol. The van der Waals surface area contributed by atoms with Crippen molar-refractivity contribution >= 4 is 5.91 Å². The number of nitrogens with zero attached hydrogens (tertiary/aromatic N) is 4. The largest absolute Gasteiger partial charge is 0.416 e. The van der Waals surface area contributed by atoms with Gasteiger partial charge in [0.05, 0.1) is 5.56 Å². The van der Waals surface area contributed by atoms with E-state index in [2.05, 4.69) is 27.7 Å². The summed E-state index contributed by atoms with van der Waals surface area (Å²) in [5.41, 5.74) is -0.581. The van der Waals surface area contributed by atoms with Crippen LogP contribution in [0.5, 0.6) is 0 Å². The molecule has 1 saturated carbocycles. The highest BCUT2D eigenvalue weighted by Crippen LogP contribution is 2.31. The van der Waals surface area contributed by atoms with Gasteiger partial charge in [-0.15, -0.1) is 10.2 Å². The van der Waals surface area contributed by atoms with Gasteiger partial charge in [-0.05, 0) is 36.1 Å². The molecule has 0 aliphatic heterocycles. The highest BCUT2D eigenvalue weighted by atomic mass is 19.4. The molecule has 9 heteroatoms. The van der Waals surface area contributed by atoms with E-state index in [1.165, 1.54) is 18.6 Å². The Morgan fingerprint density at radius 3 is 2.81 bits per heavy atom. The van der Waals surface area contributed by atoms with Gasteiger partial charge in [0.25, 0.3) is 0 Å². The van der Waals surface area contributed by atoms with Gasteiger partial charge in [0.2, 0.25) is 11.7 Å². The van der Waals surface area contributed by atoms with Crippen LogP contribution >= 0.6 is 0 Å². The molecule has 1 fully saturated rings. The molecule has 0 spiro atoms. The number of hydrogen-bond acceptors (Lipinski definition) is 4. The molecule has 26 heavy (non-hydrogen) atoms. The lowest BCUT2D eigenvalue weighted by molar-refractivity contribution is -0.137. The van der Waals surface area contributed by atoms with Gasteiger partial charge < -0.3 is 5.32 Å². The van der Waals surface area contributed by atoms with Crippen molar-refractivity contribution in [3.8, 4) is 11.4 Å². The molecule has 0 bridgehead atoms. The van der Waals surface area contributed by atoms with Crippen LogP contribution in [0.15, 0.2) is 24.3 Å². The Morgan fingerprint density at radius 2 is 2.08 bits per heavy atom. The summed E-state index contributed by atoms with van der Waals surface area (Å²) < 4.78 is 38.4. The lowest BCUT2D eigenvalue weighted by atomic mass is 9.86. The Hall–Kier alpha value is -2.45. The molecule has 1 aromatic heterocycles. The fraction of sp³-hybridized carbons (Fsp3) is 0.529. The van der Waals surface area contributed by atoms with Gasteiger partial charge >= 0.3 is 6.18 Å². The third-order valence-electron chi connectivity index (χ3n) is 4.64. The van der Waals surface area contributed by atoms with Crippen molar-refractivity contribution in [3.63, 3.8) is 0 Å². The van der Waals surface area contributed by atoms with Crippen LogP contribution in [0.3, 0.4) is 0 Å².